The van der Waals surface area contributed by atoms with Gasteiger partial charge in [0.2, 0.25) is 5.82 Å². The van der Waals surface area contributed by atoms with Crippen molar-refractivity contribution in [1.29, 1.82) is 0 Å². The fraction of sp³-hybridized carbons (Fsp3) is 0.739. The van der Waals surface area contributed by atoms with Gasteiger partial charge < -0.3 is 4.74 Å². The summed E-state index contributed by atoms with van der Waals surface area (Å²) in [5, 5.41) is 0. The Balaban J connectivity index is 2.12. The van der Waals surface area contributed by atoms with Gasteiger partial charge in [-0.25, -0.2) is 4.39 Å². The number of ether oxygens (including phenoxy) is 1. The minimum atomic E-state index is -0.823. The predicted octanol–water partition coefficient (Wildman–Crippen LogP) is 7.56. The first-order valence-corrected chi connectivity index (χ1v) is 10.7. The molecule has 0 unspecified atom stereocenters. The van der Waals surface area contributed by atoms with E-state index in [9.17, 15) is 8.78 Å². The van der Waals surface area contributed by atoms with Crippen molar-refractivity contribution in [1.82, 2.24) is 0 Å². The van der Waals surface area contributed by atoms with Gasteiger partial charge in [0.1, 0.15) is 0 Å². The molecule has 0 radical (unpaired) electrons. The molecule has 2 rings (SSSR count). The van der Waals surface area contributed by atoms with Crippen LogP contribution in [-0.4, -0.2) is 7.11 Å². The van der Waals surface area contributed by atoms with Crippen LogP contribution in [0.4, 0.5) is 8.78 Å². The molecule has 26 heavy (non-hydrogen) atoms. The minimum absolute atomic E-state index is 0.0572. The molecular formula is C23H36F2O. The summed E-state index contributed by atoms with van der Waals surface area (Å²) in [6.07, 6.45) is 13.5. The fourth-order valence-corrected chi connectivity index (χ4v) is 4.42. The van der Waals surface area contributed by atoms with Gasteiger partial charge in [-0.3, -0.25) is 0 Å². The van der Waals surface area contributed by atoms with Gasteiger partial charge in [-0.15, -0.1) is 0 Å². The summed E-state index contributed by atoms with van der Waals surface area (Å²) >= 11 is 0. The van der Waals surface area contributed by atoms with Gasteiger partial charge >= 0.3 is 0 Å². The van der Waals surface area contributed by atoms with Crippen molar-refractivity contribution in [2.45, 2.75) is 96.8 Å². The van der Waals surface area contributed by atoms with E-state index >= 15 is 0 Å². The molecule has 1 aromatic carbocycles. The summed E-state index contributed by atoms with van der Waals surface area (Å²) in [6, 6.07) is 1.78. The van der Waals surface area contributed by atoms with E-state index in [1.165, 1.54) is 45.6 Å². The maximum absolute atomic E-state index is 14.7. The van der Waals surface area contributed by atoms with Crippen molar-refractivity contribution in [2.75, 3.05) is 7.11 Å². The van der Waals surface area contributed by atoms with Crippen LogP contribution < -0.4 is 4.74 Å². The van der Waals surface area contributed by atoms with Crippen LogP contribution in [0.2, 0.25) is 0 Å². The molecule has 148 valence electrons. The van der Waals surface area contributed by atoms with Crippen molar-refractivity contribution in [2.24, 2.45) is 5.92 Å². The lowest BCUT2D eigenvalue weighted by molar-refractivity contribution is 0.299. The average molecular weight is 367 g/mol. The molecule has 0 saturated heterocycles. The monoisotopic (exact) mass is 366 g/mol. The lowest BCUT2D eigenvalue weighted by atomic mass is 9.75. The normalized spacial score (nSPS) is 20.3. The van der Waals surface area contributed by atoms with E-state index < -0.39 is 11.6 Å². The van der Waals surface area contributed by atoms with Crippen LogP contribution in [0.25, 0.3) is 0 Å². The summed E-state index contributed by atoms with van der Waals surface area (Å²) in [5.74, 6) is -0.287. The molecule has 0 spiro atoms. The van der Waals surface area contributed by atoms with E-state index in [0.717, 1.165) is 43.6 Å². The number of benzene rings is 1. The van der Waals surface area contributed by atoms with Crippen LogP contribution in [-0.2, 0) is 6.42 Å². The number of halogens is 2. The van der Waals surface area contributed by atoms with E-state index in [2.05, 4.69) is 13.8 Å². The third-order valence-electron chi connectivity index (χ3n) is 6.06. The van der Waals surface area contributed by atoms with Crippen LogP contribution in [0.1, 0.15) is 102 Å². The lowest BCUT2D eigenvalue weighted by Crippen LogP contribution is -2.16. The van der Waals surface area contributed by atoms with Gasteiger partial charge in [-0.05, 0) is 67.6 Å². The number of rotatable bonds is 10. The van der Waals surface area contributed by atoms with E-state index in [1.807, 2.05) is 0 Å². The zero-order chi connectivity index (χ0) is 18.9. The van der Waals surface area contributed by atoms with Gasteiger partial charge in [0.15, 0.2) is 11.6 Å². The Morgan fingerprint density at radius 3 is 2.19 bits per heavy atom. The lowest BCUT2D eigenvalue weighted by Gasteiger charge is -2.30. The highest BCUT2D eigenvalue weighted by molar-refractivity contribution is 5.41. The second-order valence-corrected chi connectivity index (χ2v) is 7.95. The van der Waals surface area contributed by atoms with Gasteiger partial charge in [0.25, 0.3) is 0 Å². The van der Waals surface area contributed by atoms with Crippen molar-refractivity contribution < 1.29 is 13.5 Å². The van der Waals surface area contributed by atoms with Crippen molar-refractivity contribution in [3.63, 3.8) is 0 Å². The first-order chi connectivity index (χ1) is 12.6. The highest BCUT2D eigenvalue weighted by atomic mass is 19.2. The average Bonchev–Trinajstić information content (AvgIpc) is 2.66. The van der Waals surface area contributed by atoms with E-state index in [0.29, 0.717) is 17.9 Å². The molecule has 0 bridgehead atoms. The Bertz CT molecular complexity index is 548. The Kier molecular flexibility index (Phi) is 8.87. The fourth-order valence-electron chi connectivity index (χ4n) is 4.42. The molecule has 0 heterocycles. The molecule has 0 amide bonds. The minimum Gasteiger partial charge on any atom is -0.494 e. The zero-order valence-corrected chi connectivity index (χ0v) is 16.9. The SMILES string of the molecule is CCCCCc1c(C2CCC(CCCCC)CC2)cc(OC)c(F)c1F. The van der Waals surface area contributed by atoms with Crippen LogP contribution in [0.5, 0.6) is 5.75 Å². The summed E-state index contributed by atoms with van der Waals surface area (Å²) in [5.41, 5.74) is 1.61. The van der Waals surface area contributed by atoms with Crippen molar-refractivity contribution >= 4 is 0 Å². The van der Waals surface area contributed by atoms with Crippen LogP contribution in [0, 0.1) is 17.6 Å². The molecule has 1 aliphatic rings. The largest absolute Gasteiger partial charge is 0.494 e. The third-order valence-corrected chi connectivity index (χ3v) is 6.06. The zero-order valence-electron chi connectivity index (χ0n) is 16.9. The third kappa shape index (κ3) is 5.44. The molecule has 0 N–H and O–H groups in total. The molecule has 1 saturated carbocycles. The topological polar surface area (TPSA) is 9.23 Å². The molecule has 1 fully saturated rings. The van der Waals surface area contributed by atoms with Gasteiger partial charge in [0, 0.05) is 0 Å². The Morgan fingerprint density at radius 1 is 0.923 bits per heavy atom. The second-order valence-electron chi connectivity index (χ2n) is 7.95. The summed E-state index contributed by atoms with van der Waals surface area (Å²) in [6.45, 7) is 4.37. The first kappa shape index (κ1) is 21.2. The molecular weight excluding hydrogens is 330 g/mol. The summed E-state index contributed by atoms with van der Waals surface area (Å²) in [7, 11) is 1.42. The van der Waals surface area contributed by atoms with E-state index in [1.54, 1.807) is 6.07 Å². The van der Waals surface area contributed by atoms with Gasteiger partial charge in [0.05, 0.1) is 7.11 Å². The second kappa shape index (κ2) is 10.9. The number of hydrogen-bond donors (Lipinski definition) is 0. The molecule has 0 aromatic heterocycles. The van der Waals surface area contributed by atoms with Crippen molar-refractivity contribution in [3.05, 3.63) is 28.8 Å². The van der Waals surface area contributed by atoms with E-state index in [-0.39, 0.29) is 5.75 Å². The highest BCUT2D eigenvalue weighted by Gasteiger charge is 2.27. The van der Waals surface area contributed by atoms with Gasteiger partial charge in [-0.2, -0.15) is 4.39 Å². The predicted molar refractivity (Wildman–Crippen MR) is 105 cm³/mol. The molecule has 3 heteroatoms. The van der Waals surface area contributed by atoms with Crippen molar-refractivity contribution in [3.8, 4) is 5.75 Å². The molecule has 1 nitrogen and oxygen atoms in total. The molecule has 0 atom stereocenters. The van der Waals surface area contributed by atoms with Crippen LogP contribution in [0.15, 0.2) is 6.07 Å². The highest BCUT2D eigenvalue weighted by Crippen LogP contribution is 2.41. The Labute approximate surface area is 158 Å². The van der Waals surface area contributed by atoms with E-state index in [4.69, 9.17) is 4.74 Å². The summed E-state index contributed by atoms with van der Waals surface area (Å²) in [4.78, 5) is 0. The van der Waals surface area contributed by atoms with Gasteiger partial charge in [-0.1, -0.05) is 52.4 Å². The maximum atomic E-state index is 14.7. The maximum Gasteiger partial charge on any atom is 0.200 e. The Hall–Kier alpha value is -1.12. The quantitative estimate of drug-likeness (QED) is 0.388. The molecule has 0 aliphatic heterocycles. The molecule has 1 aromatic rings. The first-order valence-electron chi connectivity index (χ1n) is 10.7. The number of methoxy groups -OCH3 is 1. The Morgan fingerprint density at radius 2 is 1.58 bits per heavy atom. The number of hydrogen-bond acceptors (Lipinski definition) is 1. The summed E-state index contributed by atoms with van der Waals surface area (Å²) < 4.78 is 34.1. The van der Waals surface area contributed by atoms with Crippen LogP contribution in [0.3, 0.4) is 0 Å². The standard InChI is InChI=1S/C23H36F2O/c1-4-6-8-10-17-12-14-18(15-13-17)20-16-21(26-3)23(25)22(24)19(20)11-9-7-5-2/h16-18H,4-15H2,1-3H3. The molecule has 1 aliphatic carbocycles. The smallest absolute Gasteiger partial charge is 0.200 e. The number of unbranched alkanes of at least 4 members (excludes halogenated alkanes) is 4. The van der Waals surface area contributed by atoms with Crippen LogP contribution >= 0.6 is 0 Å².